The molecule has 5 nitrogen and oxygen atoms in total. The molecule has 1 aliphatic rings. The number of carbonyl (C=O) groups is 2. The zero-order valence-corrected chi connectivity index (χ0v) is 15.6. The van der Waals surface area contributed by atoms with E-state index in [0.717, 1.165) is 17.3 Å². The third-order valence-corrected chi connectivity index (χ3v) is 4.83. The molecule has 0 fully saturated rings. The van der Waals surface area contributed by atoms with Crippen molar-refractivity contribution in [1.29, 1.82) is 5.41 Å². The maximum Gasteiger partial charge on any atom is 0.407 e. The minimum absolute atomic E-state index is 0.0230. The Labute approximate surface area is 159 Å². The van der Waals surface area contributed by atoms with Gasteiger partial charge in [-0.15, -0.1) is 0 Å². The number of fused-ring (bicyclic) bond motifs is 3. The zero-order chi connectivity index (χ0) is 19.4. The Morgan fingerprint density at radius 1 is 1.07 bits per heavy atom. The van der Waals surface area contributed by atoms with Crippen LogP contribution >= 0.6 is 0 Å². The Bertz CT molecular complexity index is 815. The summed E-state index contributed by atoms with van der Waals surface area (Å²) in [5.41, 5.74) is 4.61. The number of nitrogens with one attached hydrogen (secondary N) is 2. The van der Waals surface area contributed by atoms with Crippen LogP contribution in [0, 0.1) is 11.3 Å². The van der Waals surface area contributed by atoms with E-state index in [1.54, 1.807) is 0 Å². The Balaban J connectivity index is 1.70. The summed E-state index contributed by atoms with van der Waals surface area (Å²) in [4.78, 5) is 24.1. The minimum atomic E-state index is -0.724. The molecule has 0 bridgehead atoms. The number of amides is 1. The largest absolute Gasteiger partial charge is 0.449 e. The first-order chi connectivity index (χ1) is 13.0. The van der Waals surface area contributed by atoms with Crippen LogP contribution in [0.5, 0.6) is 0 Å². The van der Waals surface area contributed by atoms with E-state index in [1.165, 1.54) is 11.1 Å². The molecule has 140 valence electrons. The average molecular weight is 364 g/mol. The van der Waals surface area contributed by atoms with Crippen LogP contribution in [-0.2, 0) is 9.53 Å². The summed E-state index contributed by atoms with van der Waals surface area (Å²) in [6.45, 7) is 4.13. The number of hydrogen-bond acceptors (Lipinski definition) is 4. The van der Waals surface area contributed by atoms with E-state index >= 15 is 0 Å². The van der Waals surface area contributed by atoms with Gasteiger partial charge in [0.2, 0.25) is 0 Å². The molecule has 1 aliphatic carbocycles. The molecule has 2 aromatic rings. The molecule has 5 heteroatoms. The molecule has 2 aromatic carbocycles. The van der Waals surface area contributed by atoms with E-state index in [4.69, 9.17) is 10.1 Å². The predicted molar refractivity (Wildman–Crippen MR) is 105 cm³/mol. The number of benzene rings is 2. The second-order valence-electron chi connectivity index (χ2n) is 7.20. The maximum absolute atomic E-state index is 12.3. The number of ether oxygens (including phenoxy) is 1. The molecule has 27 heavy (non-hydrogen) atoms. The van der Waals surface area contributed by atoms with Crippen LogP contribution in [0.2, 0.25) is 0 Å². The van der Waals surface area contributed by atoms with Crippen LogP contribution in [0.1, 0.15) is 37.3 Å². The van der Waals surface area contributed by atoms with Gasteiger partial charge in [0.1, 0.15) is 6.61 Å². The first-order valence-corrected chi connectivity index (χ1v) is 9.17. The normalized spacial score (nSPS) is 13.6. The smallest absolute Gasteiger partial charge is 0.407 e. The van der Waals surface area contributed by atoms with Crippen LogP contribution in [0.3, 0.4) is 0 Å². The zero-order valence-electron chi connectivity index (χ0n) is 15.6. The molecule has 0 radical (unpaired) electrons. The summed E-state index contributed by atoms with van der Waals surface area (Å²) in [5.74, 6) is -0.227. The van der Waals surface area contributed by atoms with Gasteiger partial charge in [-0.1, -0.05) is 62.4 Å². The van der Waals surface area contributed by atoms with Gasteiger partial charge in [-0.25, -0.2) is 4.79 Å². The number of Topliss-reactive ketones (excluding diaryl/α,β-unsaturated/α-hetero) is 1. The summed E-state index contributed by atoms with van der Waals surface area (Å²) in [6, 6.07) is 15.5. The molecule has 1 amide bonds. The number of hydrogen-bond donors (Lipinski definition) is 2. The second-order valence-corrected chi connectivity index (χ2v) is 7.20. The molecular formula is C22H24N2O3. The summed E-state index contributed by atoms with van der Waals surface area (Å²) in [6.07, 6.45) is 0.590. The van der Waals surface area contributed by atoms with Gasteiger partial charge in [0.05, 0.1) is 12.3 Å². The van der Waals surface area contributed by atoms with Crippen molar-refractivity contribution in [2.45, 2.75) is 32.2 Å². The van der Waals surface area contributed by atoms with Crippen molar-refractivity contribution in [2.75, 3.05) is 6.61 Å². The average Bonchev–Trinajstić information content (AvgIpc) is 2.99. The van der Waals surface area contributed by atoms with Gasteiger partial charge in [-0.2, -0.15) is 0 Å². The number of ketones is 1. The topological polar surface area (TPSA) is 79.2 Å². The molecule has 0 heterocycles. The highest BCUT2D eigenvalue weighted by molar-refractivity contribution is 6.29. The van der Waals surface area contributed by atoms with Crippen molar-refractivity contribution in [3.8, 4) is 11.1 Å². The first kappa shape index (κ1) is 18.8. The molecular weight excluding hydrogens is 340 g/mol. The third-order valence-electron chi connectivity index (χ3n) is 4.83. The molecule has 0 aliphatic heterocycles. The lowest BCUT2D eigenvalue weighted by atomic mass is 9.98. The van der Waals surface area contributed by atoms with Crippen molar-refractivity contribution in [2.24, 2.45) is 5.92 Å². The van der Waals surface area contributed by atoms with Crippen molar-refractivity contribution in [1.82, 2.24) is 5.32 Å². The third kappa shape index (κ3) is 4.08. The Morgan fingerprint density at radius 3 is 2.15 bits per heavy atom. The molecule has 0 unspecified atom stereocenters. The number of alkyl carbamates (subject to hydrolysis) is 1. The summed E-state index contributed by atoms with van der Waals surface area (Å²) >= 11 is 0. The van der Waals surface area contributed by atoms with E-state index in [2.05, 4.69) is 29.6 Å². The van der Waals surface area contributed by atoms with Gasteiger partial charge in [0.25, 0.3) is 0 Å². The van der Waals surface area contributed by atoms with E-state index in [-0.39, 0.29) is 18.4 Å². The Hall–Kier alpha value is -2.95. The van der Waals surface area contributed by atoms with Gasteiger partial charge < -0.3 is 15.5 Å². The quantitative estimate of drug-likeness (QED) is 0.724. The molecule has 3 rings (SSSR count). The minimum Gasteiger partial charge on any atom is -0.449 e. The standard InChI is InChI=1S/C22H24N2O3/c1-14(2)11-20(21(25)12-23)24-22(26)27-13-19-17-9-5-3-7-15(17)16-8-4-6-10-18(16)19/h3-10,12,14,19-20,23H,11,13H2,1-2H3,(H,24,26)/t20-/m1/s1. The van der Waals surface area contributed by atoms with Crippen LogP contribution in [0.4, 0.5) is 4.79 Å². The Morgan fingerprint density at radius 2 is 1.63 bits per heavy atom. The summed E-state index contributed by atoms with van der Waals surface area (Å²) in [7, 11) is 0. The lowest BCUT2D eigenvalue weighted by Crippen LogP contribution is -2.42. The van der Waals surface area contributed by atoms with Crippen molar-refractivity contribution in [3.63, 3.8) is 0 Å². The second kappa shape index (κ2) is 8.16. The predicted octanol–water partition coefficient (Wildman–Crippen LogP) is 4.16. The number of carbonyl (C=O) groups excluding carboxylic acids is 2. The molecule has 0 spiro atoms. The molecule has 0 saturated carbocycles. The summed E-state index contributed by atoms with van der Waals surface area (Å²) < 4.78 is 5.47. The fraction of sp³-hybridized carbons (Fsp3) is 0.318. The lowest BCUT2D eigenvalue weighted by Gasteiger charge is -2.19. The highest BCUT2D eigenvalue weighted by Gasteiger charge is 2.29. The molecule has 0 aromatic heterocycles. The Kier molecular flexibility index (Phi) is 5.69. The van der Waals surface area contributed by atoms with Gasteiger partial charge in [-0.05, 0) is 34.6 Å². The van der Waals surface area contributed by atoms with Gasteiger partial charge in [0.15, 0.2) is 5.78 Å². The van der Waals surface area contributed by atoms with E-state index in [9.17, 15) is 9.59 Å². The fourth-order valence-corrected chi connectivity index (χ4v) is 3.60. The molecule has 2 N–H and O–H groups in total. The van der Waals surface area contributed by atoms with Crippen molar-refractivity contribution < 1.29 is 14.3 Å². The van der Waals surface area contributed by atoms with Gasteiger partial charge in [-0.3, -0.25) is 4.79 Å². The maximum atomic E-state index is 12.3. The summed E-state index contributed by atoms with van der Waals surface area (Å²) in [5, 5.41) is 9.77. The first-order valence-electron chi connectivity index (χ1n) is 9.17. The fourth-order valence-electron chi connectivity index (χ4n) is 3.60. The van der Waals surface area contributed by atoms with Crippen LogP contribution in [0.15, 0.2) is 48.5 Å². The number of rotatable bonds is 7. The highest BCUT2D eigenvalue weighted by Crippen LogP contribution is 2.44. The monoisotopic (exact) mass is 364 g/mol. The van der Waals surface area contributed by atoms with Gasteiger partial charge in [0, 0.05) is 5.92 Å². The van der Waals surface area contributed by atoms with Gasteiger partial charge >= 0.3 is 6.09 Å². The van der Waals surface area contributed by atoms with Crippen LogP contribution < -0.4 is 5.32 Å². The lowest BCUT2D eigenvalue weighted by molar-refractivity contribution is -0.114. The van der Waals surface area contributed by atoms with Crippen molar-refractivity contribution >= 4 is 18.1 Å². The molecule has 0 saturated heterocycles. The van der Waals surface area contributed by atoms with Crippen LogP contribution in [-0.4, -0.2) is 30.7 Å². The highest BCUT2D eigenvalue weighted by atomic mass is 16.5. The van der Waals surface area contributed by atoms with Crippen LogP contribution in [0.25, 0.3) is 11.1 Å². The van der Waals surface area contributed by atoms with E-state index in [1.807, 2.05) is 38.1 Å². The molecule has 1 atom stereocenters. The van der Waals surface area contributed by atoms with E-state index in [0.29, 0.717) is 6.42 Å². The van der Waals surface area contributed by atoms with E-state index < -0.39 is 17.9 Å². The SMILES string of the molecule is CC(C)C[C@@H](NC(=O)OCC1c2ccccc2-c2ccccc21)C(=O)C=N. The van der Waals surface area contributed by atoms with Crippen molar-refractivity contribution in [3.05, 3.63) is 59.7 Å².